The van der Waals surface area contributed by atoms with Gasteiger partial charge in [0.2, 0.25) is 5.91 Å². The van der Waals surface area contributed by atoms with Gasteiger partial charge in [-0.25, -0.2) is 0 Å². The summed E-state index contributed by atoms with van der Waals surface area (Å²) in [6, 6.07) is 2.80. The number of amides is 1. The van der Waals surface area contributed by atoms with Crippen molar-refractivity contribution in [3.05, 3.63) is 0 Å². The predicted molar refractivity (Wildman–Crippen MR) is 93.3 cm³/mol. The number of nitrogens with zero attached hydrogens (tertiary/aromatic N) is 1. The lowest BCUT2D eigenvalue weighted by atomic mass is 10.0. The van der Waals surface area contributed by atoms with Crippen LogP contribution in [0.3, 0.4) is 0 Å². The Kier molecular flexibility index (Phi) is 3.87. The summed E-state index contributed by atoms with van der Waals surface area (Å²) in [4.78, 5) is 12.2. The molecule has 0 unspecified atom stereocenters. The third-order valence-electron chi connectivity index (χ3n) is 4.42. The molecule has 20 heavy (non-hydrogen) atoms. The van der Waals surface area contributed by atoms with Crippen LogP contribution in [0.4, 0.5) is 0 Å². The molecule has 2 aliphatic heterocycles. The Bertz CT molecular complexity index is 469. The van der Waals surface area contributed by atoms with E-state index in [0.29, 0.717) is 0 Å². The zero-order chi connectivity index (χ0) is 15.3. The van der Waals surface area contributed by atoms with Crippen molar-refractivity contribution in [3.63, 3.8) is 0 Å². The first-order valence-corrected chi connectivity index (χ1v) is 17.4. The largest absolute Gasteiger partial charge is 0.339 e. The predicted octanol–water partition coefficient (Wildman–Crippen LogP) is 2.46. The van der Waals surface area contributed by atoms with Gasteiger partial charge in [-0.1, -0.05) is 51.7 Å². The van der Waals surface area contributed by atoms with Crippen LogP contribution in [0.1, 0.15) is 0 Å². The Hall–Kier alpha value is -0.359. The van der Waals surface area contributed by atoms with E-state index in [2.05, 4.69) is 66.8 Å². The van der Waals surface area contributed by atoms with Crippen molar-refractivity contribution in [2.24, 2.45) is 0 Å². The zero-order valence-electron chi connectivity index (χ0n) is 13.9. The van der Waals surface area contributed by atoms with Crippen LogP contribution in [0, 0.1) is 11.5 Å². The van der Waals surface area contributed by atoms with E-state index in [1.165, 1.54) is 12.1 Å². The number of β-lactam (4-membered cyclic amide) rings is 1. The second kappa shape index (κ2) is 4.83. The summed E-state index contributed by atoms with van der Waals surface area (Å²) in [5.41, 5.74) is 3.43. The molecule has 0 aromatic carbocycles. The normalized spacial score (nSPS) is 32.0. The summed E-state index contributed by atoms with van der Waals surface area (Å²) < 4.78 is 2.68. The number of carbonyl (C=O) groups is 1. The minimum Gasteiger partial charge on any atom is -0.339 e. The van der Waals surface area contributed by atoms with Crippen molar-refractivity contribution in [2.75, 3.05) is 0 Å². The number of nitrogens with one attached hydrogen (secondary N) is 1. The molecule has 1 N–H and O–H groups in total. The standard InChI is InChI=1S/C14H28N2OSi3/c1-18(2,3)9-8-12-13(14(17)15-12)16-19(4,5)10-11-20(16,6)7/h12-13H,10-11H2,1-7H3,(H,15,17)/t12-,13-/m0/s1. The second-order valence-electron chi connectivity index (χ2n) is 8.45. The summed E-state index contributed by atoms with van der Waals surface area (Å²) in [6.07, 6.45) is 0. The fraction of sp³-hybridized carbons (Fsp3) is 0.786. The van der Waals surface area contributed by atoms with Gasteiger partial charge in [0.15, 0.2) is 0 Å². The maximum atomic E-state index is 12.2. The SMILES string of the molecule is C[Si](C)(C)C#C[C@@H]1NC(=O)[C@H]1N1[Si](C)(C)CC[Si]1(C)C. The number of hydrogen-bond acceptors (Lipinski definition) is 2. The molecule has 2 heterocycles. The van der Waals surface area contributed by atoms with E-state index in [4.69, 9.17) is 0 Å². The minimum absolute atomic E-state index is 0.0460. The van der Waals surface area contributed by atoms with Gasteiger partial charge in [-0.15, -0.1) is 5.54 Å². The summed E-state index contributed by atoms with van der Waals surface area (Å²) in [6.45, 7) is 16.4. The summed E-state index contributed by atoms with van der Waals surface area (Å²) >= 11 is 0. The first kappa shape index (κ1) is 16.0. The third kappa shape index (κ3) is 2.96. The Morgan fingerprint density at radius 1 is 1.15 bits per heavy atom. The number of hydrogen-bond donors (Lipinski definition) is 1. The highest BCUT2D eigenvalue weighted by atomic mass is 28.4. The maximum absolute atomic E-state index is 12.2. The number of carbonyl (C=O) groups excluding carboxylic acids is 1. The summed E-state index contributed by atoms with van der Waals surface area (Å²) in [5, 5.41) is 3.03. The van der Waals surface area contributed by atoms with Crippen molar-refractivity contribution in [1.82, 2.24) is 9.55 Å². The van der Waals surface area contributed by atoms with Gasteiger partial charge in [0.25, 0.3) is 0 Å². The van der Waals surface area contributed by atoms with Crippen LogP contribution in [0.2, 0.25) is 57.9 Å². The van der Waals surface area contributed by atoms with Gasteiger partial charge in [0.05, 0.1) is 0 Å². The fourth-order valence-corrected chi connectivity index (χ4v) is 18.7. The molecular weight excluding hydrogens is 296 g/mol. The van der Waals surface area contributed by atoms with Gasteiger partial charge in [-0.3, -0.25) is 4.79 Å². The highest BCUT2D eigenvalue weighted by Gasteiger charge is 2.57. The van der Waals surface area contributed by atoms with Crippen LogP contribution in [0.25, 0.3) is 0 Å². The molecule has 0 aliphatic carbocycles. The first-order chi connectivity index (χ1) is 8.94. The highest BCUT2D eigenvalue weighted by Crippen LogP contribution is 2.40. The molecule has 0 aromatic rings. The van der Waals surface area contributed by atoms with Crippen LogP contribution in [-0.4, -0.2) is 46.8 Å². The van der Waals surface area contributed by atoms with Crippen LogP contribution in [0.15, 0.2) is 0 Å². The molecule has 0 radical (unpaired) electrons. The monoisotopic (exact) mass is 324 g/mol. The van der Waals surface area contributed by atoms with Crippen molar-refractivity contribution < 1.29 is 4.79 Å². The molecule has 1 amide bonds. The van der Waals surface area contributed by atoms with Crippen LogP contribution >= 0.6 is 0 Å². The molecule has 2 rings (SSSR count). The van der Waals surface area contributed by atoms with Gasteiger partial charge in [0, 0.05) is 0 Å². The van der Waals surface area contributed by atoms with E-state index in [-0.39, 0.29) is 18.0 Å². The van der Waals surface area contributed by atoms with Gasteiger partial charge in [-0.2, -0.15) is 0 Å². The Balaban J connectivity index is 2.25. The smallest absolute Gasteiger partial charge is 0.240 e. The summed E-state index contributed by atoms with van der Waals surface area (Å²) in [5.74, 6) is 3.59. The lowest BCUT2D eigenvalue weighted by Gasteiger charge is -2.50. The topological polar surface area (TPSA) is 32.3 Å². The molecule has 6 heteroatoms. The molecule has 2 aliphatic rings. The second-order valence-corrected chi connectivity index (χ2v) is 22.9. The molecular formula is C14H28N2OSi3. The quantitative estimate of drug-likeness (QED) is 0.456. The highest BCUT2D eigenvalue weighted by molar-refractivity contribution is 6.95. The Morgan fingerprint density at radius 3 is 2.05 bits per heavy atom. The maximum Gasteiger partial charge on any atom is 0.240 e. The Labute approximate surface area is 126 Å². The molecule has 3 nitrogen and oxygen atoms in total. The van der Waals surface area contributed by atoms with Crippen molar-refractivity contribution in [2.45, 2.75) is 70.0 Å². The van der Waals surface area contributed by atoms with Crippen molar-refractivity contribution >= 4 is 30.5 Å². The molecule has 0 aromatic heterocycles. The van der Waals surface area contributed by atoms with Gasteiger partial charge >= 0.3 is 0 Å². The van der Waals surface area contributed by atoms with Crippen LogP contribution < -0.4 is 5.32 Å². The van der Waals surface area contributed by atoms with Crippen LogP contribution in [-0.2, 0) is 4.79 Å². The molecule has 0 bridgehead atoms. The van der Waals surface area contributed by atoms with Gasteiger partial charge in [-0.05, 0) is 12.1 Å². The van der Waals surface area contributed by atoms with E-state index < -0.39 is 24.5 Å². The van der Waals surface area contributed by atoms with Crippen LogP contribution in [0.5, 0.6) is 0 Å². The minimum atomic E-state index is -1.42. The van der Waals surface area contributed by atoms with E-state index in [9.17, 15) is 4.79 Å². The molecule has 2 atom stereocenters. The van der Waals surface area contributed by atoms with Gasteiger partial charge < -0.3 is 9.55 Å². The molecule has 2 fully saturated rings. The van der Waals surface area contributed by atoms with Gasteiger partial charge in [0.1, 0.15) is 36.6 Å². The first-order valence-electron chi connectivity index (χ1n) is 7.57. The van der Waals surface area contributed by atoms with E-state index in [1.54, 1.807) is 0 Å². The summed E-state index contributed by atoms with van der Waals surface area (Å²) in [7, 11) is -4.21. The zero-order valence-corrected chi connectivity index (χ0v) is 16.9. The Morgan fingerprint density at radius 2 is 1.65 bits per heavy atom. The lowest BCUT2D eigenvalue weighted by molar-refractivity contribution is -0.131. The van der Waals surface area contributed by atoms with E-state index in [1.807, 2.05) is 0 Å². The molecule has 0 saturated carbocycles. The van der Waals surface area contributed by atoms with E-state index in [0.717, 1.165) is 0 Å². The van der Waals surface area contributed by atoms with Crippen molar-refractivity contribution in [3.8, 4) is 11.5 Å². The molecule has 0 spiro atoms. The average Bonchev–Trinajstić information content (AvgIpc) is 2.46. The number of rotatable bonds is 1. The molecule has 112 valence electrons. The molecule has 2 saturated heterocycles. The fourth-order valence-electron chi connectivity index (χ4n) is 3.47. The third-order valence-corrected chi connectivity index (χ3v) is 15.6. The van der Waals surface area contributed by atoms with Crippen molar-refractivity contribution in [1.29, 1.82) is 0 Å². The van der Waals surface area contributed by atoms with E-state index >= 15 is 0 Å². The lowest BCUT2D eigenvalue weighted by Crippen LogP contribution is -2.75. The average molecular weight is 325 g/mol.